The first kappa shape index (κ1) is 24.2. The van der Waals surface area contributed by atoms with Crippen LogP contribution in [0.5, 0.6) is 23.0 Å². The summed E-state index contributed by atoms with van der Waals surface area (Å²) < 4.78 is 21.7. The van der Waals surface area contributed by atoms with Gasteiger partial charge in [0.15, 0.2) is 34.5 Å². The van der Waals surface area contributed by atoms with Crippen molar-refractivity contribution in [1.29, 1.82) is 0 Å². The Hall–Kier alpha value is -3.04. The number of carbonyl (C=O) groups excluding carboxylic acids is 2. The maximum atomic E-state index is 13.0. The fourth-order valence-corrected chi connectivity index (χ4v) is 3.05. The zero-order valence-corrected chi connectivity index (χ0v) is 19.0. The molecule has 0 aliphatic rings. The van der Waals surface area contributed by atoms with E-state index in [1.54, 1.807) is 12.1 Å². The summed E-state index contributed by atoms with van der Waals surface area (Å²) in [7, 11) is 5.67. The van der Waals surface area contributed by atoms with Gasteiger partial charge in [0.1, 0.15) is 5.69 Å². The molecule has 0 saturated carbocycles. The van der Waals surface area contributed by atoms with Gasteiger partial charge in [0.25, 0.3) is 5.91 Å². The minimum absolute atomic E-state index is 0.161. The molecule has 0 saturated heterocycles. The van der Waals surface area contributed by atoms with Gasteiger partial charge in [-0.15, -0.1) is 5.11 Å². The molecule has 1 unspecified atom stereocenters. The number of ether oxygens (including phenoxy) is 4. The summed E-state index contributed by atoms with van der Waals surface area (Å²) in [6, 6.07) is 6.26. The highest BCUT2D eigenvalue weighted by molar-refractivity contribution is 6.39. The van der Waals surface area contributed by atoms with Gasteiger partial charge in [-0.3, -0.25) is 9.59 Å². The van der Waals surface area contributed by atoms with E-state index in [2.05, 4.69) is 10.2 Å². The van der Waals surface area contributed by atoms with Crippen molar-refractivity contribution >= 4 is 46.4 Å². The Kier molecular flexibility index (Phi) is 8.47. The minimum Gasteiger partial charge on any atom is -0.494 e. The van der Waals surface area contributed by atoms with E-state index >= 15 is 0 Å². The molecule has 0 aliphatic heterocycles. The monoisotopic (exact) mass is 469 g/mol. The fourth-order valence-electron chi connectivity index (χ4n) is 2.63. The van der Waals surface area contributed by atoms with Crippen LogP contribution in [0.1, 0.15) is 6.92 Å². The summed E-state index contributed by atoms with van der Waals surface area (Å²) in [6.07, 6.45) is 0. The quantitative estimate of drug-likeness (QED) is 0.302. The number of para-hydroxylation sites is 1. The van der Waals surface area contributed by atoms with E-state index in [1.165, 1.54) is 53.6 Å². The van der Waals surface area contributed by atoms with Crippen LogP contribution in [0.4, 0.5) is 11.4 Å². The third-order valence-electron chi connectivity index (χ3n) is 4.12. The van der Waals surface area contributed by atoms with Crippen molar-refractivity contribution in [2.75, 3.05) is 32.9 Å². The molecule has 0 heterocycles. The zero-order valence-electron chi connectivity index (χ0n) is 17.5. The molecule has 11 heteroatoms. The molecule has 9 nitrogen and oxygen atoms in total. The Morgan fingerprint density at radius 1 is 0.968 bits per heavy atom. The first-order valence-corrected chi connectivity index (χ1v) is 9.54. The Labute approximate surface area is 189 Å². The van der Waals surface area contributed by atoms with E-state index in [4.69, 9.17) is 42.3 Å². The van der Waals surface area contributed by atoms with Crippen molar-refractivity contribution in [2.24, 2.45) is 10.2 Å². The van der Waals surface area contributed by atoms with E-state index in [1.807, 2.05) is 0 Å². The SMILES string of the molecule is COc1cc(Cl)cc(OC)c1N=NC(C(C)=O)C(=O)N(Cl)c1cccc(OC)c1OC. The predicted molar refractivity (Wildman–Crippen MR) is 116 cm³/mol. The van der Waals surface area contributed by atoms with Crippen molar-refractivity contribution in [3.8, 4) is 23.0 Å². The van der Waals surface area contributed by atoms with E-state index in [9.17, 15) is 9.59 Å². The van der Waals surface area contributed by atoms with Crippen molar-refractivity contribution < 1.29 is 28.5 Å². The molecule has 0 aromatic heterocycles. The molecule has 1 atom stereocenters. The second-order valence-corrected chi connectivity index (χ2v) is 6.79. The summed E-state index contributed by atoms with van der Waals surface area (Å²) in [4.78, 5) is 25.2. The number of methoxy groups -OCH3 is 4. The van der Waals surface area contributed by atoms with Gasteiger partial charge in [0, 0.05) is 28.9 Å². The topological polar surface area (TPSA) is 99.0 Å². The largest absolute Gasteiger partial charge is 0.494 e. The van der Waals surface area contributed by atoms with Gasteiger partial charge in [-0.1, -0.05) is 17.7 Å². The molecule has 0 N–H and O–H groups in total. The molecule has 0 radical (unpaired) electrons. The molecule has 0 bridgehead atoms. The van der Waals surface area contributed by atoms with Gasteiger partial charge < -0.3 is 18.9 Å². The number of Topliss-reactive ketones (excluding diaryl/α,β-unsaturated/α-hetero) is 1. The third-order valence-corrected chi connectivity index (χ3v) is 4.69. The molecule has 166 valence electrons. The average Bonchev–Trinajstić information content (AvgIpc) is 2.77. The van der Waals surface area contributed by atoms with Crippen molar-refractivity contribution in [2.45, 2.75) is 13.0 Å². The highest BCUT2D eigenvalue weighted by Gasteiger charge is 2.31. The molecule has 0 spiro atoms. The summed E-state index contributed by atoms with van der Waals surface area (Å²) in [5.74, 6) is -0.340. The second kappa shape index (κ2) is 10.8. The molecule has 2 rings (SSSR count). The molecule has 0 aliphatic carbocycles. The fraction of sp³-hybridized carbons (Fsp3) is 0.300. The van der Waals surface area contributed by atoms with Crippen LogP contribution in [0.2, 0.25) is 5.02 Å². The number of hydrogen-bond donors (Lipinski definition) is 0. The number of carbonyl (C=O) groups is 2. The maximum absolute atomic E-state index is 13.0. The van der Waals surface area contributed by atoms with Crippen molar-refractivity contribution in [1.82, 2.24) is 0 Å². The lowest BCUT2D eigenvalue weighted by molar-refractivity contribution is -0.126. The van der Waals surface area contributed by atoms with E-state index < -0.39 is 17.7 Å². The van der Waals surface area contributed by atoms with Crippen LogP contribution in [0.3, 0.4) is 0 Å². The Morgan fingerprint density at radius 3 is 2.03 bits per heavy atom. The summed E-state index contributed by atoms with van der Waals surface area (Å²) >= 11 is 12.3. The standard InChI is InChI=1S/C20H21Cl2N3O6/c1-11(26)17(23-24-18-15(29-3)9-12(21)10-16(18)30-4)20(27)25(22)13-7-6-8-14(28-2)19(13)31-5/h6-10,17H,1-5H3. The van der Waals surface area contributed by atoms with Crippen LogP contribution in [0, 0.1) is 0 Å². The number of hydrogen-bond acceptors (Lipinski definition) is 8. The van der Waals surface area contributed by atoms with Gasteiger partial charge in [-0.05, 0) is 19.1 Å². The molecular weight excluding hydrogens is 449 g/mol. The molecule has 2 aromatic carbocycles. The molecule has 0 fully saturated rings. The molecule has 31 heavy (non-hydrogen) atoms. The van der Waals surface area contributed by atoms with E-state index in [0.717, 1.165) is 4.42 Å². The summed E-state index contributed by atoms with van der Waals surface area (Å²) in [6.45, 7) is 1.20. The van der Waals surface area contributed by atoms with Crippen LogP contribution in [-0.2, 0) is 9.59 Å². The van der Waals surface area contributed by atoms with Gasteiger partial charge in [-0.25, -0.2) is 4.42 Å². The number of nitrogens with zero attached hydrogens (tertiary/aromatic N) is 3. The van der Waals surface area contributed by atoms with E-state index in [-0.39, 0.29) is 28.6 Å². The minimum atomic E-state index is -1.53. The van der Waals surface area contributed by atoms with Crippen LogP contribution >= 0.6 is 23.4 Å². The molecule has 1 amide bonds. The highest BCUT2D eigenvalue weighted by Crippen LogP contribution is 2.41. The predicted octanol–water partition coefficient (Wildman–Crippen LogP) is 4.60. The smallest absolute Gasteiger partial charge is 0.276 e. The molecular formula is C20H21Cl2N3O6. The van der Waals surface area contributed by atoms with Gasteiger partial charge in [0.2, 0.25) is 6.04 Å². The van der Waals surface area contributed by atoms with Gasteiger partial charge in [0.05, 0.1) is 28.4 Å². The van der Waals surface area contributed by atoms with Crippen LogP contribution in [0.15, 0.2) is 40.6 Å². The number of halogens is 2. The summed E-state index contributed by atoms with van der Waals surface area (Å²) in [5.41, 5.74) is 0.338. The number of benzene rings is 2. The number of rotatable bonds is 9. The lowest BCUT2D eigenvalue weighted by Gasteiger charge is -2.20. The average molecular weight is 470 g/mol. The Balaban J connectivity index is 2.44. The lowest BCUT2D eigenvalue weighted by Crippen LogP contribution is -2.36. The Bertz CT molecular complexity index is 974. The lowest BCUT2D eigenvalue weighted by atomic mass is 10.2. The Morgan fingerprint density at radius 2 is 1.55 bits per heavy atom. The molecule has 2 aromatic rings. The normalized spacial score (nSPS) is 11.7. The van der Waals surface area contributed by atoms with Gasteiger partial charge >= 0.3 is 0 Å². The van der Waals surface area contributed by atoms with Crippen LogP contribution in [0.25, 0.3) is 0 Å². The second-order valence-electron chi connectivity index (χ2n) is 6.02. The first-order valence-electron chi connectivity index (χ1n) is 8.82. The number of azo groups is 1. The number of ketones is 1. The van der Waals surface area contributed by atoms with Crippen LogP contribution in [-0.4, -0.2) is 46.2 Å². The first-order chi connectivity index (χ1) is 14.8. The van der Waals surface area contributed by atoms with Crippen molar-refractivity contribution in [3.05, 3.63) is 35.4 Å². The number of anilines is 1. The van der Waals surface area contributed by atoms with Gasteiger partial charge in [-0.2, -0.15) is 5.11 Å². The van der Waals surface area contributed by atoms with Crippen molar-refractivity contribution in [3.63, 3.8) is 0 Å². The number of amides is 1. The summed E-state index contributed by atoms with van der Waals surface area (Å²) in [5, 5.41) is 8.28. The van der Waals surface area contributed by atoms with E-state index in [0.29, 0.717) is 10.8 Å². The highest BCUT2D eigenvalue weighted by atomic mass is 35.5. The van der Waals surface area contributed by atoms with Crippen LogP contribution < -0.4 is 23.4 Å². The maximum Gasteiger partial charge on any atom is 0.276 e. The third kappa shape index (κ3) is 5.36. The zero-order chi connectivity index (χ0) is 23.1.